The van der Waals surface area contributed by atoms with Gasteiger partial charge in [-0.05, 0) is 50.3 Å². The number of aryl methyl sites for hydroxylation is 1. The molecule has 0 N–H and O–H groups in total. The van der Waals surface area contributed by atoms with E-state index in [0.29, 0.717) is 50.4 Å². The maximum atomic E-state index is 5.73. The van der Waals surface area contributed by atoms with Crippen molar-refractivity contribution < 1.29 is 9.47 Å². The fraction of sp³-hybridized carbons (Fsp3) is 0.600. The smallest absolute Gasteiger partial charge is 0.190 e. The molecule has 1 aromatic carbocycles. The lowest BCUT2D eigenvalue weighted by atomic mass is 10.2. The van der Waals surface area contributed by atoms with E-state index >= 15 is 0 Å². The number of ether oxygens (including phenoxy) is 2. The molecule has 0 aliphatic heterocycles. The highest BCUT2D eigenvalue weighted by atomic mass is 35.6. The van der Waals surface area contributed by atoms with E-state index in [2.05, 4.69) is 0 Å². The normalized spacial score (nSPS) is 12.3. The summed E-state index contributed by atoms with van der Waals surface area (Å²) in [5.41, 5.74) is 1.06. The molecule has 1 rings (SSSR count). The molecule has 0 saturated heterocycles. The van der Waals surface area contributed by atoms with Gasteiger partial charge in [-0.2, -0.15) is 0 Å². The van der Waals surface area contributed by atoms with Gasteiger partial charge in [-0.15, -0.1) is 0 Å². The minimum Gasteiger partial charge on any atom is -0.490 e. The first kappa shape index (κ1) is 21.6. The van der Waals surface area contributed by atoms with Crippen molar-refractivity contribution in [2.45, 2.75) is 40.2 Å². The second kappa shape index (κ2) is 9.89. The van der Waals surface area contributed by atoms with E-state index in [1.807, 2.05) is 25.1 Å². The Bertz CT molecular complexity index is 482. The summed E-state index contributed by atoms with van der Waals surface area (Å²) in [6.07, 6.45) is 2.08. The number of halogens is 6. The molecule has 0 heterocycles. The molecule has 0 aliphatic rings. The summed E-state index contributed by atoms with van der Waals surface area (Å²) in [7, 11) is 0. The summed E-state index contributed by atoms with van der Waals surface area (Å²) < 4.78 is 8.92. The summed E-state index contributed by atoms with van der Waals surface area (Å²) in [4.78, 5) is 0. The molecule has 8 heteroatoms. The second-order valence-corrected chi connectivity index (χ2v) is 10.1. The highest BCUT2D eigenvalue weighted by Gasteiger charge is 2.19. The molecule has 2 nitrogen and oxygen atoms in total. The highest BCUT2D eigenvalue weighted by Crippen LogP contribution is 2.33. The van der Waals surface area contributed by atoms with Gasteiger partial charge >= 0.3 is 0 Å². The van der Waals surface area contributed by atoms with Crippen molar-refractivity contribution in [2.75, 3.05) is 13.2 Å². The first-order chi connectivity index (χ1) is 10.6. The molecule has 0 fully saturated rings. The van der Waals surface area contributed by atoms with E-state index in [9.17, 15) is 0 Å². The number of alkyl halides is 6. The van der Waals surface area contributed by atoms with E-state index in [-0.39, 0.29) is 0 Å². The Morgan fingerprint density at radius 2 is 1.26 bits per heavy atom. The molecule has 0 bridgehead atoms. The van der Waals surface area contributed by atoms with Crippen LogP contribution in [0.25, 0.3) is 0 Å². The molecule has 132 valence electrons. The van der Waals surface area contributed by atoms with Crippen LogP contribution in [0.1, 0.15) is 31.2 Å². The first-order valence-corrected chi connectivity index (χ1v) is 9.33. The van der Waals surface area contributed by atoms with Gasteiger partial charge in [0.25, 0.3) is 0 Å². The van der Waals surface area contributed by atoms with Crippen molar-refractivity contribution in [3.05, 3.63) is 23.8 Å². The molecule has 0 unspecified atom stereocenters. The van der Waals surface area contributed by atoms with Gasteiger partial charge in [0, 0.05) is 0 Å². The van der Waals surface area contributed by atoms with Crippen LogP contribution in [0.15, 0.2) is 18.2 Å². The third kappa shape index (κ3) is 10.9. The average Bonchev–Trinajstić information content (AvgIpc) is 2.39. The standard InChI is InChI=1S/C15H18Cl6O2/c1-11-4-5-12(22-8-2-6-14(16,17)18)13(10-11)23-9-3-7-15(19,20)21/h4-5,10H,2-3,6-9H2,1H3. The van der Waals surface area contributed by atoms with Crippen LogP contribution in [0.3, 0.4) is 0 Å². The average molecular weight is 443 g/mol. The van der Waals surface area contributed by atoms with Crippen LogP contribution in [-0.4, -0.2) is 20.8 Å². The Morgan fingerprint density at radius 3 is 1.74 bits per heavy atom. The fourth-order valence-corrected chi connectivity index (χ4v) is 2.56. The van der Waals surface area contributed by atoms with Gasteiger partial charge in [-0.3, -0.25) is 0 Å². The summed E-state index contributed by atoms with van der Waals surface area (Å²) in [6.45, 7) is 2.84. The van der Waals surface area contributed by atoms with Crippen LogP contribution in [0.5, 0.6) is 11.5 Å². The van der Waals surface area contributed by atoms with Crippen LogP contribution in [-0.2, 0) is 0 Å². The van der Waals surface area contributed by atoms with Crippen molar-refractivity contribution in [1.82, 2.24) is 0 Å². The molecule has 0 saturated carbocycles. The lowest BCUT2D eigenvalue weighted by Gasteiger charge is -2.15. The Hall–Kier alpha value is 0.560. The highest BCUT2D eigenvalue weighted by molar-refractivity contribution is 6.67. The molecule has 0 radical (unpaired) electrons. The van der Waals surface area contributed by atoms with Gasteiger partial charge in [-0.25, -0.2) is 0 Å². The quantitative estimate of drug-likeness (QED) is 0.317. The zero-order chi connectivity index (χ0) is 17.5. The van der Waals surface area contributed by atoms with Crippen LogP contribution < -0.4 is 9.47 Å². The lowest BCUT2D eigenvalue weighted by Crippen LogP contribution is -2.08. The maximum absolute atomic E-state index is 5.73. The minimum absolute atomic E-state index is 0.420. The second-order valence-electron chi connectivity index (χ2n) is 5.08. The molecule has 0 aromatic heterocycles. The van der Waals surface area contributed by atoms with E-state index in [0.717, 1.165) is 5.56 Å². The van der Waals surface area contributed by atoms with Crippen LogP contribution in [0, 0.1) is 6.92 Å². The Balaban J connectivity index is 2.49. The third-order valence-corrected chi connectivity index (χ3v) is 3.96. The number of hydrogen-bond acceptors (Lipinski definition) is 2. The third-order valence-electron chi connectivity index (χ3n) is 2.82. The van der Waals surface area contributed by atoms with Gasteiger partial charge in [0.05, 0.1) is 13.2 Å². The summed E-state index contributed by atoms with van der Waals surface area (Å²) in [5.74, 6) is 1.30. The van der Waals surface area contributed by atoms with E-state index in [1.165, 1.54) is 0 Å². The van der Waals surface area contributed by atoms with E-state index in [1.54, 1.807) is 0 Å². The molecule has 0 aliphatic carbocycles. The van der Waals surface area contributed by atoms with Crippen molar-refractivity contribution in [3.63, 3.8) is 0 Å². The number of hydrogen-bond donors (Lipinski definition) is 0. The number of benzene rings is 1. The summed E-state index contributed by atoms with van der Waals surface area (Å²) >= 11 is 34.3. The van der Waals surface area contributed by atoms with Gasteiger partial charge in [-0.1, -0.05) is 75.7 Å². The first-order valence-electron chi connectivity index (χ1n) is 7.06. The topological polar surface area (TPSA) is 18.5 Å². The largest absolute Gasteiger partial charge is 0.490 e. The minimum atomic E-state index is -1.26. The molecule has 0 atom stereocenters. The molecule has 1 aromatic rings. The number of rotatable bonds is 8. The van der Waals surface area contributed by atoms with Crippen LogP contribution in [0.2, 0.25) is 0 Å². The lowest BCUT2D eigenvalue weighted by molar-refractivity contribution is 0.260. The predicted octanol–water partition coefficient (Wildman–Crippen LogP) is 7.05. The maximum Gasteiger partial charge on any atom is 0.190 e. The molecule has 23 heavy (non-hydrogen) atoms. The van der Waals surface area contributed by atoms with Gasteiger partial charge < -0.3 is 9.47 Å². The van der Waals surface area contributed by atoms with Crippen LogP contribution >= 0.6 is 69.6 Å². The molecule has 0 amide bonds. The predicted molar refractivity (Wildman–Crippen MR) is 101 cm³/mol. The molecular weight excluding hydrogens is 425 g/mol. The Labute approximate surface area is 167 Å². The molecular formula is C15H18Cl6O2. The zero-order valence-corrected chi connectivity index (χ0v) is 17.1. The van der Waals surface area contributed by atoms with Crippen molar-refractivity contribution in [2.24, 2.45) is 0 Å². The van der Waals surface area contributed by atoms with Gasteiger partial charge in [0.2, 0.25) is 0 Å². The monoisotopic (exact) mass is 440 g/mol. The SMILES string of the molecule is Cc1ccc(OCCCC(Cl)(Cl)Cl)c(OCCCC(Cl)(Cl)Cl)c1. The van der Waals surface area contributed by atoms with Gasteiger partial charge in [0.1, 0.15) is 0 Å². The van der Waals surface area contributed by atoms with Crippen molar-refractivity contribution in [3.8, 4) is 11.5 Å². The summed E-state index contributed by atoms with van der Waals surface area (Å²) in [6, 6.07) is 5.70. The molecule has 0 spiro atoms. The Morgan fingerprint density at radius 1 is 0.783 bits per heavy atom. The zero-order valence-electron chi connectivity index (χ0n) is 12.6. The van der Waals surface area contributed by atoms with Crippen molar-refractivity contribution >= 4 is 69.6 Å². The van der Waals surface area contributed by atoms with E-state index < -0.39 is 7.59 Å². The fourth-order valence-electron chi connectivity index (χ4n) is 1.76. The van der Waals surface area contributed by atoms with E-state index in [4.69, 9.17) is 79.1 Å². The van der Waals surface area contributed by atoms with Crippen molar-refractivity contribution in [1.29, 1.82) is 0 Å². The van der Waals surface area contributed by atoms with Crippen LogP contribution in [0.4, 0.5) is 0 Å². The van der Waals surface area contributed by atoms with Gasteiger partial charge in [0.15, 0.2) is 19.1 Å². The Kier molecular flexibility index (Phi) is 9.29. The summed E-state index contributed by atoms with van der Waals surface area (Å²) in [5, 5.41) is 0.